The molecule has 7 heteroatoms. The van der Waals surface area contributed by atoms with Gasteiger partial charge in [-0.25, -0.2) is 9.97 Å². The largest absolute Gasteiger partial charge is 0.297 e. The number of nitrogens with zero attached hydrogens (tertiary/aromatic N) is 2. The third-order valence-electron chi connectivity index (χ3n) is 3.02. The van der Waals surface area contributed by atoms with Crippen molar-refractivity contribution in [3.05, 3.63) is 62.0 Å². The van der Waals surface area contributed by atoms with Gasteiger partial charge in [-0.1, -0.05) is 23.7 Å². The van der Waals surface area contributed by atoms with E-state index in [0.29, 0.717) is 10.0 Å². The summed E-state index contributed by atoms with van der Waals surface area (Å²) < 4.78 is 0. The molecule has 3 rings (SSSR count). The van der Waals surface area contributed by atoms with Crippen LogP contribution in [0.3, 0.4) is 0 Å². The van der Waals surface area contributed by atoms with Crippen molar-refractivity contribution >= 4 is 45.3 Å². The predicted molar refractivity (Wildman–Crippen MR) is 91.2 cm³/mol. The fourth-order valence-electron chi connectivity index (χ4n) is 1.92. The topological polar surface area (TPSA) is 54.9 Å². The van der Waals surface area contributed by atoms with Gasteiger partial charge in [0, 0.05) is 22.5 Å². The lowest BCUT2D eigenvalue weighted by Crippen LogP contribution is -2.11. The summed E-state index contributed by atoms with van der Waals surface area (Å²) in [5.41, 5.74) is 3.56. The maximum absolute atomic E-state index is 12.1. The number of carbonyl (C=O) groups excluding carboxylic acids is 1. The molecule has 0 radical (unpaired) electrons. The summed E-state index contributed by atoms with van der Waals surface area (Å²) in [5, 5.41) is 4.14. The van der Waals surface area contributed by atoms with Gasteiger partial charge >= 0.3 is 0 Å². The highest BCUT2D eigenvalue weighted by atomic mass is 35.5. The summed E-state index contributed by atoms with van der Waals surface area (Å²) in [6, 6.07) is 7.71. The van der Waals surface area contributed by atoms with Crippen LogP contribution in [0, 0.1) is 6.92 Å². The minimum Gasteiger partial charge on any atom is -0.297 e. The maximum atomic E-state index is 12.1. The number of benzene rings is 1. The summed E-state index contributed by atoms with van der Waals surface area (Å²) >= 11 is 8.68. The van der Waals surface area contributed by atoms with E-state index in [0.717, 1.165) is 27.6 Å². The summed E-state index contributed by atoms with van der Waals surface area (Å²) in [6.07, 6.45) is 2.55. The van der Waals surface area contributed by atoms with Crippen molar-refractivity contribution in [2.45, 2.75) is 13.3 Å². The molecule has 2 heterocycles. The Labute approximate surface area is 140 Å². The van der Waals surface area contributed by atoms with Gasteiger partial charge in [-0.3, -0.25) is 10.1 Å². The number of rotatable bonds is 4. The molecule has 0 spiro atoms. The second-order valence-corrected chi connectivity index (χ2v) is 7.06. The summed E-state index contributed by atoms with van der Waals surface area (Å²) in [4.78, 5) is 22.1. The number of thiazole rings is 2. The molecule has 0 aliphatic heterocycles. The molecule has 0 bridgehead atoms. The number of hydrogen-bond acceptors (Lipinski definition) is 5. The minimum atomic E-state index is -0.160. The molecule has 0 atom stereocenters. The van der Waals surface area contributed by atoms with Crippen LogP contribution in [0.15, 0.2) is 36.0 Å². The van der Waals surface area contributed by atoms with E-state index >= 15 is 0 Å². The van der Waals surface area contributed by atoms with Crippen LogP contribution in [0.1, 0.15) is 25.8 Å². The Hall–Kier alpha value is -1.76. The van der Waals surface area contributed by atoms with Crippen LogP contribution >= 0.6 is 34.3 Å². The molecule has 1 amide bonds. The average Bonchev–Trinajstić information content (AvgIpc) is 3.10. The van der Waals surface area contributed by atoms with Gasteiger partial charge < -0.3 is 0 Å². The number of aromatic nitrogens is 2. The number of carbonyl (C=O) groups is 1. The van der Waals surface area contributed by atoms with Crippen LogP contribution in [-0.2, 0) is 6.42 Å². The Morgan fingerprint density at radius 2 is 2.05 bits per heavy atom. The highest BCUT2D eigenvalue weighted by Gasteiger charge is 2.13. The van der Waals surface area contributed by atoms with Crippen molar-refractivity contribution < 1.29 is 4.79 Å². The highest BCUT2D eigenvalue weighted by molar-refractivity contribution is 7.16. The zero-order valence-electron chi connectivity index (χ0n) is 11.7. The van der Waals surface area contributed by atoms with Gasteiger partial charge in [0.2, 0.25) is 0 Å². The van der Waals surface area contributed by atoms with Crippen LogP contribution in [0.5, 0.6) is 0 Å². The van der Waals surface area contributed by atoms with Gasteiger partial charge in [0.05, 0.1) is 11.2 Å². The minimum absolute atomic E-state index is 0.160. The van der Waals surface area contributed by atoms with E-state index in [1.54, 1.807) is 11.7 Å². The molecule has 1 N–H and O–H groups in total. The zero-order valence-corrected chi connectivity index (χ0v) is 14.1. The van der Waals surface area contributed by atoms with Crippen LogP contribution < -0.4 is 5.32 Å². The average molecular weight is 350 g/mol. The molecule has 0 aliphatic rings. The Balaban J connectivity index is 1.67. The second kappa shape index (κ2) is 6.56. The number of amides is 1. The highest BCUT2D eigenvalue weighted by Crippen LogP contribution is 2.23. The van der Waals surface area contributed by atoms with E-state index in [-0.39, 0.29) is 5.91 Å². The fraction of sp³-hybridized carbons (Fsp3) is 0.133. The first-order valence-corrected chi connectivity index (χ1v) is 8.60. The fourth-order valence-corrected chi connectivity index (χ4v) is 3.59. The summed E-state index contributed by atoms with van der Waals surface area (Å²) in [5.74, 6) is -0.160. The molecule has 0 saturated heterocycles. The predicted octanol–water partition coefficient (Wildman–Crippen LogP) is 4.40. The van der Waals surface area contributed by atoms with E-state index in [1.807, 2.05) is 31.2 Å². The lowest BCUT2D eigenvalue weighted by Gasteiger charge is -1.99. The second-order valence-electron chi connectivity index (χ2n) is 4.66. The standard InChI is InChI=1S/C15H12ClN3OS2/c1-9-13(21-8-18-9)14(20)19-15-17-7-12(22-15)6-10-2-4-11(16)5-3-10/h2-5,7-8H,6H2,1H3,(H,17,19,20). The Kier molecular flexibility index (Phi) is 4.52. The van der Waals surface area contributed by atoms with Crippen molar-refractivity contribution in [1.82, 2.24) is 9.97 Å². The summed E-state index contributed by atoms with van der Waals surface area (Å²) in [6.45, 7) is 1.82. The monoisotopic (exact) mass is 349 g/mol. The number of hydrogen-bond donors (Lipinski definition) is 1. The molecule has 0 unspecified atom stereocenters. The molecular weight excluding hydrogens is 338 g/mol. The van der Waals surface area contributed by atoms with Crippen LogP contribution in [-0.4, -0.2) is 15.9 Å². The Bertz CT molecular complexity index is 795. The molecule has 2 aromatic heterocycles. The van der Waals surface area contributed by atoms with Gasteiger partial charge in [0.15, 0.2) is 5.13 Å². The third-order valence-corrected chi connectivity index (χ3v) is 5.11. The van der Waals surface area contributed by atoms with E-state index in [9.17, 15) is 4.79 Å². The van der Waals surface area contributed by atoms with Crippen molar-refractivity contribution in [2.75, 3.05) is 5.32 Å². The van der Waals surface area contributed by atoms with E-state index in [1.165, 1.54) is 22.7 Å². The first-order chi connectivity index (χ1) is 10.6. The first kappa shape index (κ1) is 15.1. The molecular formula is C15H12ClN3OS2. The number of aryl methyl sites for hydroxylation is 1. The van der Waals surface area contributed by atoms with Crippen LogP contribution in [0.2, 0.25) is 5.02 Å². The van der Waals surface area contributed by atoms with Gasteiger partial charge in [-0.2, -0.15) is 0 Å². The molecule has 0 saturated carbocycles. The van der Waals surface area contributed by atoms with Gasteiger partial charge in [0.1, 0.15) is 4.88 Å². The lowest BCUT2D eigenvalue weighted by atomic mass is 10.1. The van der Waals surface area contributed by atoms with Crippen molar-refractivity contribution in [1.29, 1.82) is 0 Å². The van der Waals surface area contributed by atoms with E-state index < -0.39 is 0 Å². The number of anilines is 1. The van der Waals surface area contributed by atoms with Gasteiger partial charge in [0.25, 0.3) is 5.91 Å². The van der Waals surface area contributed by atoms with Gasteiger partial charge in [-0.05, 0) is 24.6 Å². The Morgan fingerprint density at radius 3 is 2.73 bits per heavy atom. The lowest BCUT2D eigenvalue weighted by molar-refractivity contribution is 0.103. The Morgan fingerprint density at radius 1 is 1.27 bits per heavy atom. The smallest absolute Gasteiger partial charge is 0.269 e. The normalized spacial score (nSPS) is 10.6. The molecule has 4 nitrogen and oxygen atoms in total. The molecule has 1 aromatic carbocycles. The maximum Gasteiger partial charge on any atom is 0.269 e. The first-order valence-electron chi connectivity index (χ1n) is 6.52. The van der Waals surface area contributed by atoms with E-state index in [4.69, 9.17) is 11.6 Å². The van der Waals surface area contributed by atoms with E-state index in [2.05, 4.69) is 15.3 Å². The summed E-state index contributed by atoms with van der Waals surface area (Å²) in [7, 11) is 0. The van der Waals surface area contributed by atoms with Crippen LogP contribution in [0.25, 0.3) is 0 Å². The molecule has 3 aromatic rings. The van der Waals surface area contributed by atoms with Crippen molar-refractivity contribution in [2.24, 2.45) is 0 Å². The number of nitrogens with one attached hydrogen (secondary N) is 1. The number of halogens is 1. The van der Waals surface area contributed by atoms with Crippen molar-refractivity contribution in [3.63, 3.8) is 0 Å². The molecule has 0 aliphatic carbocycles. The zero-order chi connectivity index (χ0) is 15.5. The van der Waals surface area contributed by atoms with Crippen LogP contribution in [0.4, 0.5) is 5.13 Å². The third kappa shape index (κ3) is 3.52. The SMILES string of the molecule is Cc1ncsc1C(=O)Nc1ncc(Cc2ccc(Cl)cc2)s1. The quantitative estimate of drug-likeness (QED) is 0.759. The van der Waals surface area contributed by atoms with Gasteiger partial charge in [-0.15, -0.1) is 22.7 Å². The molecule has 112 valence electrons. The molecule has 0 fully saturated rings. The molecule has 22 heavy (non-hydrogen) atoms. The van der Waals surface area contributed by atoms with Crippen molar-refractivity contribution in [3.8, 4) is 0 Å².